The Morgan fingerprint density at radius 1 is 1.16 bits per heavy atom. The number of hydrogen-bond donors (Lipinski definition) is 0. The molecule has 0 aromatic heterocycles. The Bertz CT molecular complexity index is 1090. The van der Waals surface area contributed by atoms with Gasteiger partial charge in [0.2, 0.25) is 0 Å². The highest BCUT2D eigenvalue weighted by molar-refractivity contribution is 7.91. The first kappa shape index (κ1) is 24.2. The number of nitrogens with zero attached hydrogens (tertiary/aromatic N) is 1. The number of carbonyl (C=O) groups is 1. The molecule has 0 bridgehead atoms. The fraction of sp³-hybridized carbons (Fsp3) is 0.435. The van der Waals surface area contributed by atoms with E-state index in [1.807, 2.05) is 13.0 Å². The molecule has 1 aliphatic rings. The molecule has 0 aliphatic carbocycles. The molecule has 0 spiro atoms. The lowest BCUT2D eigenvalue weighted by Gasteiger charge is -2.31. The SMILES string of the molecule is COc1ccc(CN(C(=O)C(C)Oc2ccc(Cl)c(C)c2)C2CCS(=O)(=O)C2)cc1OC. The van der Waals surface area contributed by atoms with E-state index in [9.17, 15) is 13.2 Å². The van der Waals surface area contributed by atoms with Gasteiger partial charge < -0.3 is 19.1 Å². The van der Waals surface area contributed by atoms with Gasteiger partial charge in [0.1, 0.15) is 5.75 Å². The number of aryl methyl sites for hydroxylation is 1. The van der Waals surface area contributed by atoms with Crippen molar-refractivity contribution in [1.29, 1.82) is 0 Å². The number of methoxy groups -OCH3 is 2. The maximum Gasteiger partial charge on any atom is 0.263 e. The number of ether oxygens (including phenoxy) is 3. The summed E-state index contributed by atoms with van der Waals surface area (Å²) in [6, 6.07) is 10.2. The third kappa shape index (κ3) is 5.66. The molecule has 0 N–H and O–H groups in total. The Morgan fingerprint density at radius 3 is 2.47 bits per heavy atom. The van der Waals surface area contributed by atoms with E-state index in [4.69, 9.17) is 25.8 Å². The second-order valence-corrected chi connectivity index (χ2v) is 10.5. The van der Waals surface area contributed by atoms with Gasteiger partial charge in [-0.3, -0.25) is 4.79 Å². The van der Waals surface area contributed by atoms with Crippen LogP contribution < -0.4 is 14.2 Å². The summed E-state index contributed by atoms with van der Waals surface area (Å²) in [5.74, 6) is 1.37. The molecule has 2 unspecified atom stereocenters. The van der Waals surface area contributed by atoms with Crippen LogP contribution in [0.1, 0.15) is 24.5 Å². The zero-order chi connectivity index (χ0) is 23.5. The smallest absolute Gasteiger partial charge is 0.263 e. The predicted octanol–water partition coefficient (Wildman–Crippen LogP) is 3.65. The molecular weight excluding hydrogens is 454 g/mol. The molecule has 174 valence electrons. The molecular formula is C23H28ClNO6S. The molecule has 2 atom stereocenters. The Kier molecular flexibility index (Phi) is 7.56. The molecule has 0 radical (unpaired) electrons. The topological polar surface area (TPSA) is 82.1 Å². The minimum atomic E-state index is -3.18. The van der Waals surface area contributed by atoms with Gasteiger partial charge in [-0.2, -0.15) is 0 Å². The molecule has 7 nitrogen and oxygen atoms in total. The molecule has 1 fully saturated rings. The number of carbonyl (C=O) groups excluding carboxylic acids is 1. The summed E-state index contributed by atoms with van der Waals surface area (Å²) in [6.07, 6.45) is -0.409. The monoisotopic (exact) mass is 481 g/mol. The van der Waals surface area contributed by atoms with E-state index in [2.05, 4.69) is 0 Å². The summed E-state index contributed by atoms with van der Waals surface area (Å²) < 4.78 is 40.8. The molecule has 2 aromatic rings. The number of hydrogen-bond acceptors (Lipinski definition) is 6. The van der Waals surface area contributed by atoms with Crippen molar-refractivity contribution < 1.29 is 27.4 Å². The van der Waals surface area contributed by atoms with Crippen molar-refractivity contribution in [3.05, 3.63) is 52.5 Å². The van der Waals surface area contributed by atoms with Gasteiger partial charge in [-0.1, -0.05) is 17.7 Å². The standard InChI is InChI=1S/C23H28ClNO6S/c1-15-11-19(6-7-20(15)24)31-16(2)23(26)25(18-9-10-32(27,28)14-18)13-17-5-8-21(29-3)22(12-17)30-4/h5-8,11-12,16,18H,9-10,13-14H2,1-4H3. The van der Waals surface area contributed by atoms with Gasteiger partial charge in [-0.15, -0.1) is 0 Å². The van der Waals surface area contributed by atoms with Crippen molar-refractivity contribution in [2.45, 2.75) is 39.0 Å². The van der Waals surface area contributed by atoms with Gasteiger partial charge in [0.05, 0.1) is 25.7 Å². The number of sulfone groups is 1. The van der Waals surface area contributed by atoms with E-state index in [0.29, 0.717) is 28.7 Å². The van der Waals surface area contributed by atoms with E-state index in [1.54, 1.807) is 49.3 Å². The highest BCUT2D eigenvalue weighted by atomic mass is 35.5. The van der Waals surface area contributed by atoms with Crippen molar-refractivity contribution in [2.24, 2.45) is 0 Å². The van der Waals surface area contributed by atoms with E-state index in [0.717, 1.165) is 11.1 Å². The van der Waals surface area contributed by atoms with Gasteiger partial charge in [0.25, 0.3) is 5.91 Å². The van der Waals surface area contributed by atoms with Crippen LogP contribution in [0.25, 0.3) is 0 Å². The van der Waals surface area contributed by atoms with E-state index < -0.39 is 22.0 Å². The van der Waals surface area contributed by atoms with Crippen molar-refractivity contribution in [2.75, 3.05) is 25.7 Å². The van der Waals surface area contributed by atoms with Gasteiger partial charge >= 0.3 is 0 Å². The van der Waals surface area contributed by atoms with Gasteiger partial charge in [0.15, 0.2) is 27.4 Å². The second-order valence-electron chi connectivity index (χ2n) is 7.88. The number of benzene rings is 2. The van der Waals surface area contributed by atoms with Crippen LogP contribution in [0.3, 0.4) is 0 Å². The Morgan fingerprint density at radius 2 is 1.88 bits per heavy atom. The molecule has 1 amide bonds. The zero-order valence-electron chi connectivity index (χ0n) is 18.6. The summed E-state index contributed by atoms with van der Waals surface area (Å²) in [6.45, 7) is 3.75. The van der Waals surface area contributed by atoms with Crippen LogP contribution in [0.15, 0.2) is 36.4 Å². The summed E-state index contributed by atoms with van der Waals surface area (Å²) in [5.41, 5.74) is 1.64. The maximum absolute atomic E-state index is 13.4. The highest BCUT2D eigenvalue weighted by Gasteiger charge is 2.36. The lowest BCUT2D eigenvalue weighted by Crippen LogP contribution is -2.46. The first-order valence-electron chi connectivity index (χ1n) is 10.3. The summed E-state index contributed by atoms with van der Waals surface area (Å²) >= 11 is 6.07. The summed E-state index contributed by atoms with van der Waals surface area (Å²) in [7, 11) is -0.0892. The summed E-state index contributed by atoms with van der Waals surface area (Å²) in [5, 5.41) is 0.613. The van der Waals surface area contributed by atoms with E-state index >= 15 is 0 Å². The zero-order valence-corrected chi connectivity index (χ0v) is 20.2. The lowest BCUT2D eigenvalue weighted by atomic mass is 10.1. The molecule has 9 heteroatoms. The lowest BCUT2D eigenvalue weighted by molar-refractivity contribution is -0.140. The van der Waals surface area contributed by atoms with Crippen LogP contribution in [0.4, 0.5) is 0 Å². The number of amides is 1. The van der Waals surface area contributed by atoms with E-state index in [-0.39, 0.29) is 24.0 Å². The fourth-order valence-corrected chi connectivity index (χ4v) is 5.61. The van der Waals surface area contributed by atoms with Crippen LogP contribution in [0.5, 0.6) is 17.2 Å². The molecule has 1 aliphatic heterocycles. The first-order chi connectivity index (χ1) is 15.1. The number of halogens is 1. The third-order valence-corrected chi connectivity index (χ3v) is 7.70. The molecule has 32 heavy (non-hydrogen) atoms. The molecule has 3 rings (SSSR count). The average molecular weight is 482 g/mol. The Hall–Kier alpha value is -2.45. The predicted molar refractivity (Wildman–Crippen MR) is 123 cm³/mol. The molecule has 1 heterocycles. The van der Waals surface area contributed by atoms with Crippen molar-refractivity contribution in [3.8, 4) is 17.2 Å². The van der Waals surface area contributed by atoms with Gasteiger partial charge in [-0.25, -0.2) is 8.42 Å². The Balaban J connectivity index is 1.85. The van der Waals surface area contributed by atoms with Crippen LogP contribution in [0, 0.1) is 6.92 Å². The molecule has 0 saturated carbocycles. The normalized spacial score (nSPS) is 18.1. The van der Waals surface area contributed by atoms with Crippen molar-refractivity contribution >= 4 is 27.3 Å². The largest absolute Gasteiger partial charge is 0.493 e. The fourth-order valence-electron chi connectivity index (χ4n) is 3.76. The molecule has 1 saturated heterocycles. The number of rotatable bonds is 8. The van der Waals surface area contributed by atoms with E-state index in [1.165, 1.54) is 7.11 Å². The maximum atomic E-state index is 13.4. The third-order valence-electron chi connectivity index (χ3n) is 5.52. The van der Waals surface area contributed by atoms with Crippen molar-refractivity contribution in [1.82, 2.24) is 4.90 Å². The first-order valence-corrected chi connectivity index (χ1v) is 12.5. The van der Waals surface area contributed by atoms with Gasteiger partial charge in [-0.05, 0) is 61.7 Å². The van der Waals surface area contributed by atoms with Crippen LogP contribution in [0.2, 0.25) is 5.02 Å². The second kappa shape index (κ2) is 10.0. The average Bonchev–Trinajstić information content (AvgIpc) is 3.13. The van der Waals surface area contributed by atoms with Gasteiger partial charge in [0, 0.05) is 17.6 Å². The minimum absolute atomic E-state index is 0.0567. The highest BCUT2D eigenvalue weighted by Crippen LogP contribution is 2.30. The van der Waals surface area contributed by atoms with Crippen LogP contribution >= 0.6 is 11.6 Å². The quantitative estimate of drug-likeness (QED) is 0.572. The van der Waals surface area contributed by atoms with Crippen molar-refractivity contribution in [3.63, 3.8) is 0 Å². The minimum Gasteiger partial charge on any atom is -0.493 e. The van der Waals surface area contributed by atoms with Crippen LogP contribution in [-0.4, -0.2) is 57.1 Å². The Labute approximate surface area is 194 Å². The summed E-state index contributed by atoms with van der Waals surface area (Å²) in [4.78, 5) is 15.0. The van der Waals surface area contributed by atoms with Crippen LogP contribution in [-0.2, 0) is 21.2 Å². The molecule has 2 aromatic carbocycles.